The second-order valence-corrected chi connectivity index (χ2v) is 6.21. The highest BCUT2D eigenvalue weighted by Gasteiger charge is 2.22. The van der Waals surface area contributed by atoms with Crippen LogP contribution in [0.15, 0.2) is 29.2 Å². The molecular weight excluding hydrogens is 240 g/mol. The van der Waals surface area contributed by atoms with Crippen LogP contribution in [-0.4, -0.2) is 37.3 Å². The molecule has 2 atom stereocenters. The van der Waals surface area contributed by atoms with Gasteiger partial charge in [-0.1, -0.05) is 0 Å². The summed E-state index contributed by atoms with van der Waals surface area (Å²) >= 11 is 1.79. The van der Waals surface area contributed by atoms with Gasteiger partial charge in [0.25, 0.3) is 0 Å². The van der Waals surface area contributed by atoms with Gasteiger partial charge in [-0.05, 0) is 69.8 Å². The highest BCUT2D eigenvalue weighted by atomic mass is 32.2. The average Bonchev–Trinajstić information content (AvgIpc) is 2.39. The van der Waals surface area contributed by atoms with Crippen LogP contribution in [0.25, 0.3) is 0 Å². The van der Waals surface area contributed by atoms with Crippen LogP contribution in [0.1, 0.15) is 19.8 Å². The summed E-state index contributed by atoms with van der Waals surface area (Å²) in [7, 11) is 2.23. The van der Waals surface area contributed by atoms with E-state index in [0.29, 0.717) is 6.04 Å². The molecule has 1 saturated heterocycles. The molecule has 0 aromatic heterocycles. The Morgan fingerprint density at radius 3 is 2.67 bits per heavy atom. The molecule has 1 aromatic carbocycles. The van der Waals surface area contributed by atoms with Crippen LogP contribution in [-0.2, 0) is 0 Å². The van der Waals surface area contributed by atoms with Crippen molar-refractivity contribution in [3.05, 3.63) is 24.3 Å². The Kier molecular flexibility index (Phi) is 4.95. The minimum absolute atomic E-state index is 0.549. The quantitative estimate of drug-likeness (QED) is 0.837. The molecule has 18 heavy (non-hydrogen) atoms. The second-order valence-electron chi connectivity index (χ2n) is 5.33. The van der Waals surface area contributed by atoms with E-state index in [1.807, 2.05) is 0 Å². The first-order valence-electron chi connectivity index (χ1n) is 6.78. The average molecular weight is 264 g/mol. The number of thioether (sulfide) groups is 1. The van der Waals surface area contributed by atoms with Crippen molar-refractivity contribution in [2.75, 3.05) is 31.7 Å². The van der Waals surface area contributed by atoms with Crippen molar-refractivity contribution >= 4 is 17.4 Å². The minimum Gasteiger partial charge on any atom is -0.382 e. The summed E-state index contributed by atoms with van der Waals surface area (Å²) in [6.45, 7) is 4.79. The van der Waals surface area contributed by atoms with Crippen molar-refractivity contribution in [2.45, 2.75) is 30.7 Å². The molecule has 0 saturated carbocycles. The largest absolute Gasteiger partial charge is 0.382 e. The Bertz CT molecular complexity index is 363. The summed E-state index contributed by atoms with van der Waals surface area (Å²) in [6, 6.07) is 9.30. The zero-order valence-corrected chi connectivity index (χ0v) is 12.5. The van der Waals surface area contributed by atoms with Crippen LogP contribution in [0, 0.1) is 5.92 Å². The number of hydrogen-bond donors (Lipinski definition) is 1. The first kappa shape index (κ1) is 13.8. The summed E-state index contributed by atoms with van der Waals surface area (Å²) < 4.78 is 0. The van der Waals surface area contributed by atoms with Crippen LogP contribution in [0.5, 0.6) is 0 Å². The van der Waals surface area contributed by atoms with Gasteiger partial charge in [-0.2, -0.15) is 0 Å². The number of hydrogen-bond acceptors (Lipinski definition) is 3. The zero-order valence-electron chi connectivity index (χ0n) is 11.6. The molecule has 0 amide bonds. The van der Waals surface area contributed by atoms with Crippen LogP contribution in [0.4, 0.5) is 5.69 Å². The standard InChI is InChI=1S/C15H24N2S/c1-12(13-5-4-10-17(2)11-13)16-14-6-8-15(18-3)9-7-14/h6-9,12-13,16H,4-5,10-11H2,1-3H3. The monoisotopic (exact) mass is 264 g/mol. The van der Waals surface area contributed by atoms with Crippen molar-refractivity contribution in [3.63, 3.8) is 0 Å². The maximum atomic E-state index is 3.65. The lowest BCUT2D eigenvalue weighted by Crippen LogP contribution is -2.39. The molecule has 2 unspecified atom stereocenters. The SMILES string of the molecule is CSc1ccc(NC(C)C2CCCN(C)C2)cc1. The molecule has 1 aliphatic rings. The van der Waals surface area contributed by atoms with Gasteiger partial charge in [0.05, 0.1) is 0 Å². The number of nitrogens with zero attached hydrogens (tertiary/aromatic N) is 1. The zero-order chi connectivity index (χ0) is 13.0. The van der Waals surface area contributed by atoms with Crippen LogP contribution in [0.2, 0.25) is 0 Å². The molecule has 1 aliphatic heterocycles. The van der Waals surface area contributed by atoms with Gasteiger partial charge in [0.15, 0.2) is 0 Å². The summed E-state index contributed by atoms with van der Waals surface area (Å²) in [6.07, 6.45) is 4.79. The summed E-state index contributed by atoms with van der Waals surface area (Å²) in [5.41, 5.74) is 1.24. The molecule has 1 heterocycles. The van der Waals surface area contributed by atoms with Gasteiger partial charge in [-0.25, -0.2) is 0 Å². The molecule has 1 N–H and O–H groups in total. The Hall–Kier alpha value is -0.670. The molecule has 0 aliphatic carbocycles. The number of nitrogens with one attached hydrogen (secondary N) is 1. The fraction of sp³-hybridized carbons (Fsp3) is 0.600. The first-order chi connectivity index (χ1) is 8.69. The van der Waals surface area contributed by atoms with E-state index >= 15 is 0 Å². The Morgan fingerprint density at radius 1 is 1.33 bits per heavy atom. The number of piperidine rings is 1. The third-order valence-electron chi connectivity index (χ3n) is 3.85. The fourth-order valence-corrected chi connectivity index (χ4v) is 3.09. The molecule has 3 heteroatoms. The predicted octanol–water partition coefficient (Wildman–Crippen LogP) is 3.55. The van der Waals surface area contributed by atoms with Gasteiger partial charge in [0, 0.05) is 23.2 Å². The van der Waals surface area contributed by atoms with E-state index in [0.717, 1.165) is 5.92 Å². The van der Waals surface area contributed by atoms with Crippen LogP contribution < -0.4 is 5.32 Å². The predicted molar refractivity (Wildman–Crippen MR) is 81.5 cm³/mol. The van der Waals surface area contributed by atoms with Crippen molar-refractivity contribution in [3.8, 4) is 0 Å². The normalized spacial score (nSPS) is 22.7. The smallest absolute Gasteiger partial charge is 0.0343 e. The molecule has 2 rings (SSSR count). The molecule has 0 bridgehead atoms. The maximum absolute atomic E-state index is 3.65. The van der Waals surface area contributed by atoms with Gasteiger partial charge >= 0.3 is 0 Å². The van der Waals surface area contributed by atoms with Crippen LogP contribution in [0.3, 0.4) is 0 Å². The number of benzene rings is 1. The summed E-state index contributed by atoms with van der Waals surface area (Å²) in [5, 5.41) is 3.65. The van der Waals surface area contributed by atoms with Crippen molar-refractivity contribution in [1.29, 1.82) is 0 Å². The number of anilines is 1. The Labute approximate surface area is 115 Å². The molecule has 0 radical (unpaired) electrons. The summed E-state index contributed by atoms with van der Waals surface area (Å²) in [4.78, 5) is 3.77. The van der Waals surface area contributed by atoms with Gasteiger partial charge in [-0.3, -0.25) is 0 Å². The molecule has 0 spiro atoms. The lowest BCUT2D eigenvalue weighted by Gasteiger charge is -2.34. The van der Waals surface area contributed by atoms with Gasteiger partial charge in [0.2, 0.25) is 0 Å². The number of rotatable bonds is 4. The topological polar surface area (TPSA) is 15.3 Å². The molecule has 2 nitrogen and oxygen atoms in total. The van der Waals surface area contributed by atoms with E-state index in [9.17, 15) is 0 Å². The van der Waals surface area contributed by atoms with E-state index in [1.54, 1.807) is 11.8 Å². The molecule has 100 valence electrons. The van der Waals surface area contributed by atoms with E-state index in [2.05, 4.69) is 54.7 Å². The molecule has 1 aromatic rings. The van der Waals surface area contributed by atoms with Gasteiger partial charge in [0.1, 0.15) is 0 Å². The Morgan fingerprint density at radius 2 is 2.06 bits per heavy atom. The highest BCUT2D eigenvalue weighted by molar-refractivity contribution is 7.98. The highest BCUT2D eigenvalue weighted by Crippen LogP contribution is 2.23. The Balaban J connectivity index is 1.91. The van der Waals surface area contributed by atoms with Gasteiger partial charge in [-0.15, -0.1) is 11.8 Å². The maximum Gasteiger partial charge on any atom is 0.0343 e. The number of likely N-dealkylation sites (tertiary alicyclic amines) is 1. The second kappa shape index (κ2) is 6.48. The third-order valence-corrected chi connectivity index (χ3v) is 4.60. The van der Waals surface area contributed by atoms with E-state index in [-0.39, 0.29) is 0 Å². The summed E-state index contributed by atoms with van der Waals surface area (Å²) in [5.74, 6) is 0.768. The minimum atomic E-state index is 0.549. The first-order valence-corrected chi connectivity index (χ1v) is 8.00. The van der Waals surface area contributed by atoms with Crippen molar-refractivity contribution in [2.24, 2.45) is 5.92 Å². The van der Waals surface area contributed by atoms with Gasteiger partial charge < -0.3 is 10.2 Å². The van der Waals surface area contributed by atoms with Crippen molar-refractivity contribution in [1.82, 2.24) is 4.90 Å². The van der Waals surface area contributed by atoms with E-state index < -0.39 is 0 Å². The van der Waals surface area contributed by atoms with E-state index in [4.69, 9.17) is 0 Å². The lowest BCUT2D eigenvalue weighted by molar-refractivity contribution is 0.197. The fourth-order valence-electron chi connectivity index (χ4n) is 2.68. The lowest BCUT2D eigenvalue weighted by atomic mass is 9.92. The molecule has 1 fully saturated rings. The van der Waals surface area contributed by atoms with E-state index in [1.165, 1.54) is 36.5 Å². The van der Waals surface area contributed by atoms with Crippen molar-refractivity contribution < 1.29 is 0 Å². The van der Waals surface area contributed by atoms with Crippen LogP contribution >= 0.6 is 11.8 Å². The third kappa shape index (κ3) is 3.66. The molecular formula is C15H24N2S.